The minimum Gasteiger partial charge on any atom is -0.494 e. The number of nitrogens with one attached hydrogen (secondary N) is 2. The lowest BCUT2D eigenvalue weighted by Gasteiger charge is -2.15. The largest absolute Gasteiger partial charge is 0.494 e. The summed E-state index contributed by atoms with van der Waals surface area (Å²) in [5.74, 6) is 5.81. The highest BCUT2D eigenvalue weighted by molar-refractivity contribution is 6.03. The smallest absolute Gasteiger partial charge is 0.276 e. The Morgan fingerprint density at radius 1 is 1.02 bits per heavy atom. The number of nitrogen functional groups attached to an aromatic ring is 1. The Balaban J connectivity index is 0.00000154. The molecule has 0 saturated carbocycles. The summed E-state index contributed by atoms with van der Waals surface area (Å²) in [4.78, 5) is 41.5. The second kappa shape index (κ2) is 24.1. The van der Waals surface area contributed by atoms with Crippen molar-refractivity contribution in [3.63, 3.8) is 0 Å². The number of carbonyl (C=O) groups is 3. The molecule has 2 aromatic heterocycles. The molecule has 0 spiro atoms. The normalized spacial score (nSPS) is 11.1. The maximum absolute atomic E-state index is 13.4. The maximum atomic E-state index is 13.4. The van der Waals surface area contributed by atoms with E-state index in [4.69, 9.17) is 44.0 Å². The van der Waals surface area contributed by atoms with E-state index in [1.54, 1.807) is 39.6 Å². The molecule has 19 heteroatoms. The van der Waals surface area contributed by atoms with Gasteiger partial charge < -0.3 is 58.8 Å². The van der Waals surface area contributed by atoms with Gasteiger partial charge in [-0.25, -0.2) is 10.8 Å². The standard InChI is InChI=1S/C34H44N12O5.C4H9N.CH5N/c1-4-46-27(13-21(2)43-46)33(49)42-34-41-26-14-22(20-47)15-29(50-3)31(26)45(34)11-6-5-9-40-30-25(37)16-23(32(38)48)17-28(30)51-12-8-7-10-44(39)19-24(36)18-35;1-4(2)3-5;1-2/h5-8,13-17,19-20,40H,4,9-12,18,35-37,39H2,1-3H3,(H2,38,48)(H,41,42,49);1,3,5H2,2H3;2H2,1H3/b6-5+,8-7+,24-19-;;. The van der Waals surface area contributed by atoms with Gasteiger partial charge in [-0.05, 0) is 64.2 Å². The Labute approximate surface area is 338 Å². The van der Waals surface area contributed by atoms with Crippen molar-refractivity contribution in [3.8, 4) is 11.5 Å². The molecule has 4 rings (SSSR count). The number of nitrogens with two attached hydrogens (primary N) is 7. The third kappa shape index (κ3) is 13.8. The second-order valence-electron chi connectivity index (χ2n) is 12.4. The summed E-state index contributed by atoms with van der Waals surface area (Å²) in [6, 6.07) is 7.91. The van der Waals surface area contributed by atoms with Gasteiger partial charge in [-0.1, -0.05) is 30.4 Å². The molecular formula is C39H58N14O5. The van der Waals surface area contributed by atoms with Crippen molar-refractivity contribution < 1.29 is 23.9 Å². The number of hydrazine groups is 1. The molecule has 2 amide bonds. The molecule has 19 nitrogen and oxygen atoms in total. The van der Waals surface area contributed by atoms with E-state index in [0.29, 0.717) is 83.3 Å². The molecule has 2 aromatic carbocycles. The molecule has 0 fully saturated rings. The molecule has 0 aliphatic heterocycles. The van der Waals surface area contributed by atoms with Crippen molar-refractivity contribution in [1.29, 1.82) is 0 Å². The van der Waals surface area contributed by atoms with Crippen LogP contribution in [0.25, 0.3) is 11.0 Å². The lowest BCUT2D eigenvalue weighted by atomic mass is 10.1. The number of aldehydes is 1. The molecule has 58 heavy (non-hydrogen) atoms. The lowest BCUT2D eigenvalue weighted by molar-refractivity contribution is 0.0995. The zero-order valence-electron chi connectivity index (χ0n) is 33.8. The first kappa shape index (κ1) is 47.5. The highest BCUT2D eigenvalue weighted by Gasteiger charge is 2.20. The van der Waals surface area contributed by atoms with E-state index >= 15 is 0 Å². The fourth-order valence-electron chi connectivity index (χ4n) is 5.11. The Bertz CT molecular complexity index is 2100. The van der Waals surface area contributed by atoms with E-state index in [9.17, 15) is 14.4 Å². The molecule has 0 unspecified atom stereocenters. The molecule has 0 bridgehead atoms. The van der Waals surface area contributed by atoms with Gasteiger partial charge in [0.1, 0.15) is 41.3 Å². The zero-order chi connectivity index (χ0) is 43.4. The average molecular weight is 803 g/mol. The van der Waals surface area contributed by atoms with Gasteiger partial charge in [0, 0.05) is 55.7 Å². The van der Waals surface area contributed by atoms with Crippen molar-refractivity contribution in [2.45, 2.75) is 33.9 Å². The van der Waals surface area contributed by atoms with E-state index in [1.807, 2.05) is 32.9 Å². The first-order valence-corrected chi connectivity index (χ1v) is 18.2. The Kier molecular flexibility index (Phi) is 19.7. The van der Waals surface area contributed by atoms with Gasteiger partial charge in [0.2, 0.25) is 11.9 Å². The predicted octanol–water partition coefficient (Wildman–Crippen LogP) is 1.95. The number of methoxy groups -OCH3 is 1. The van der Waals surface area contributed by atoms with Gasteiger partial charge >= 0.3 is 0 Å². The molecule has 0 aliphatic carbocycles. The predicted molar refractivity (Wildman–Crippen MR) is 230 cm³/mol. The minimum atomic E-state index is -0.656. The van der Waals surface area contributed by atoms with Crippen molar-refractivity contribution in [1.82, 2.24) is 24.3 Å². The number of fused-ring (bicyclic) bond motifs is 1. The van der Waals surface area contributed by atoms with Crippen LogP contribution in [0.1, 0.15) is 50.7 Å². The number of imidazole rings is 1. The van der Waals surface area contributed by atoms with Gasteiger partial charge in [0.15, 0.2) is 0 Å². The number of nitrogens with zero attached hydrogens (tertiary/aromatic N) is 5. The fraction of sp³-hybridized carbons (Fsp3) is 0.308. The quantitative estimate of drug-likeness (QED) is 0.0215. The van der Waals surface area contributed by atoms with Gasteiger partial charge in [0.05, 0.1) is 30.6 Å². The molecule has 2 heterocycles. The van der Waals surface area contributed by atoms with Crippen LogP contribution in [0.5, 0.6) is 11.5 Å². The second-order valence-corrected chi connectivity index (χ2v) is 12.4. The number of anilines is 3. The summed E-state index contributed by atoms with van der Waals surface area (Å²) >= 11 is 0. The van der Waals surface area contributed by atoms with E-state index in [-0.39, 0.29) is 42.8 Å². The number of aromatic nitrogens is 4. The van der Waals surface area contributed by atoms with Crippen LogP contribution in [0.15, 0.2) is 78.7 Å². The van der Waals surface area contributed by atoms with Gasteiger partial charge in [0.25, 0.3) is 5.91 Å². The van der Waals surface area contributed by atoms with Crippen LogP contribution >= 0.6 is 0 Å². The Morgan fingerprint density at radius 3 is 2.33 bits per heavy atom. The first-order chi connectivity index (χ1) is 27.8. The van der Waals surface area contributed by atoms with Crippen molar-refractivity contribution in [2.75, 3.05) is 63.3 Å². The van der Waals surface area contributed by atoms with Crippen molar-refractivity contribution in [2.24, 2.45) is 34.5 Å². The summed E-state index contributed by atoms with van der Waals surface area (Å²) in [5.41, 5.74) is 37.5. The lowest BCUT2D eigenvalue weighted by Crippen LogP contribution is -2.28. The van der Waals surface area contributed by atoms with Crippen molar-refractivity contribution >= 4 is 46.5 Å². The first-order valence-electron chi connectivity index (χ1n) is 18.2. The molecule has 0 atom stereocenters. The molecule has 4 aromatic rings. The third-order valence-electron chi connectivity index (χ3n) is 7.85. The van der Waals surface area contributed by atoms with Gasteiger partial charge in [-0.2, -0.15) is 5.10 Å². The van der Waals surface area contributed by atoms with Crippen LogP contribution < -0.4 is 60.4 Å². The number of hydrogen-bond acceptors (Lipinski definition) is 15. The molecule has 0 radical (unpaired) electrons. The van der Waals surface area contributed by atoms with Crippen LogP contribution in [-0.4, -0.2) is 89.4 Å². The number of amides is 2. The molecule has 0 saturated heterocycles. The number of ether oxygens (including phenoxy) is 2. The maximum Gasteiger partial charge on any atom is 0.276 e. The zero-order valence-corrected chi connectivity index (χ0v) is 33.8. The number of rotatable bonds is 19. The van der Waals surface area contributed by atoms with E-state index in [2.05, 4.69) is 33.0 Å². The summed E-state index contributed by atoms with van der Waals surface area (Å²) in [6.45, 7) is 11.5. The fourth-order valence-corrected chi connectivity index (χ4v) is 5.11. The van der Waals surface area contributed by atoms with E-state index in [1.165, 1.54) is 37.5 Å². The monoisotopic (exact) mass is 802 g/mol. The van der Waals surface area contributed by atoms with Crippen LogP contribution in [0.2, 0.25) is 0 Å². The van der Waals surface area contributed by atoms with Gasteiger partial charge in [-0.15, -0.1) is 0 Å². The summed E-state index contributed by atoms with van der Waals surface area (Å²) in [5, 5.41) is 11.9. The molecular weight excluding hydrogens is 745 g/mol. The highest BCUT2D eigenvalue weighted by Crippen LogP contribution is 2.33. The number of benzene rings is 2. The Morgan fingerprint density at radius 2 is 1.72 bits per heavy atom. The van der Waals surface area contributed by atoms with Crippen LogP contribution in [-0.2, 0) is 13.1 Å². The van der Waals surface area contributed by atoms with Crippen LogP contribution in [0, 0.1) is 6.92 Å². The topological polar surface area (TPSA) is 315 Å². The third-order valence-corrected chi connectivity index (χ3v) is 7.85. The van der Waals surface area contributed by atoms with E-state index in [0.717, 1.165) is 5.57 Å². The molecule has 0 aliphatic rings. The highest BCUT2D eigenvalue weighted by atomic mass is 16.5. The van der Waals surface area contributed by atoms with Crippen molar-refractivity contribution in [3.05, 3.63) is 101 Å². The van der Waals surface area contributed by atoms with E-state index < -0.39 is 5.91 Å². The summed E-state index contributed by atoms with van der Waals surface area (Å²) in [6.07, 6.45) is 9.48. The number of allylic oxidation sites excluding steroid dienone is 1. The van der Waals surface area contributed by atoms with Gasteiger partial charge in [-0.3, -0.25) is 24.4 Å². The molecule has 314 valence electrons. The number of primary amides is 1. The average Bonchev–Trinajstić information content (AvgIpc) is 3.77. The summed E-state index contributed by atoms with van der Waals surface area (Å²) in [7, 11) is 2.99. The summed E-state index contributed by atoms with van der Waals surface area (Å²) < 4.78 is 14.9. The van der Waals surface area contributed by atoms with Crippen LogP contribution in [0.3, 0.4) is 0 Å². The number of carbonyl (C=O) groups excluding carboxylic acids is 3. The van der Waals surface area contributed by atoms with Crippen LogP contribution in [0.4, 0.5) is 17.3 Å². The minimum absolute atomic E-state index is 0.143. The number of hydrogen-bond donors (Lipinski definition) is 9. The molecule has 16 N–H and O–H groups in total. The SMILES string of the molecule is C=C(C)CN.CCn1nc(C)cc1C(=O)Nc1nc2cc(C=O)cc(OC)c2n1C/C=C/CNc1c(N)cc(C(N)=O)cc1OC/C=C/CN(N)/C=C(\N)CN.CN. The Hall–Kier alpha value is -6.67. The number of aryl methyl sites for hydroxylation is 2.